The molecule has 0 unspecified atom stereocenters. The Labute approximate surface area is 115 Å². The maximum absolute atomic E-state index is 4.34. The van der Waals surface area contributed by atoms with Crippen molar-refractivity contribution in [3.05, 3.63) is 32.9 Å². The van der Waals surface area contributed by atoms with Gasteiger partial charge in [-0.25, -0.2) is 0 Å². The first-order valence-electron chi connectivity index (χ1n) is 5.23. The molecule has 92 valence electrons. The van der Waals surface area contributed by atoms with Crippen LogP contribution < -0.4 is 4.90 Å². The number of fused-ring (bicyclic) bond motifs is 1. The summed E-state index contributed by atoms with van der Waals surface area (Å²) in [5.41, 5.74) is 0.644. The molecule has 0 aliphatic carbocycles. The monoisotopic (exact) mass is 324 g/mol. The second kappa shape index (κ2) is 4.62. The predicted molar refractivity (Wildman–Crippen MR) is 72.7 cm³/mol. The van der Waals surface area contributed by atoms with E-state index in [0.717, 1.165) is 16.1 Å². The minimum Gasteiger partial charge on any atom is -0.353 e. The van der Waals surface area contributed by atoms with Crippen LogP contribution in [-0.4, -0.2) is 32.3 Å². The number of thiophene rings is 1. The molecule has 18 heavy (non-hydrogen) atoms. The molecular formula is C10H9BrN6S. The van der Waals surface area contributed by atoms with Gasteiger partial charge in [0.1, 0.15) is 0 Å². The van der Waals surface area contributed by atoms with E-state index in [4.69, 9.17) is 0 Å². The van der Waals surface area contributed by atoms with Crippen molar-refractivity contribution in [1.29, 1.82) is 0 Å². The molecule has 0 atom stereocenters. The van der Waals surface area contributed by atoms with E-state index in [1.54, 1.807) is 11.3 Å². The zero-order chi connectivity index (χ0) is 12.5. The van der Waals surface area contributed by atoms with E-state index in [9.17, 15) is 0 Å². The minimum atomic E-state index is 0.644. The van der Waals surface area contributed by atoms with Gasteiger partial charge in [0.25, 0.3) is 0 Å². The zero-order valence-corrected chi connectivity index (χ0v) is 11.9. The molecule has 0 aliphatic rings. The molecule has 3 heterocycles. The Morgan fingerprint density at radius 1 is 1.33 bits per heavy atom. The minimum absolute atomic E-state index is 0.644. The van der Waals surface area contributed by atoms with Gasteiger partial charge in [0.15, 0.2) is 11.5 Å². The first kappa shape index (κ1) is 11.5. The summed E-state index contributed by atoms with van der Waals surface area (Å²) in [5.74, 6) is 0.833. The molecular weight excluding hydrogens is 316 g/mol. The zero-order valence-electron chi connectivity index (χ0n) is 9.49. The third-order valence-electron chi connectivity index (χ3n) is 2.47. The molecule has 8 heteroatoms. The lowest BCUT2D eigenvalue weighted by molar-refractivity contribution is 0.721. The number of hydrogen-bond donors (Lipinski definition) is 0. The van der Waals surface area contributed by atoms with Gasteiger partial charge in [-0.05, 0) is 50.6 Å². The Bertz CT molecular complexity index is 678. The van der Waals surface area contributed by atoms with Crippen molar-refractivity contribution in [2.24, 2.45) is 0 Å². The van der Waals surface area contributed by atoms with Crippen LogP contribution in [0.15, 0.2) is 28.1 Å². The van der Waals surface area contributed by atoms with Crippen LogP contribution in [-0.2, 0) is 6.54 Å². The van der Waals surface area contributed by atoms with E-state index in [0.29, 0.717) is 5.65 Å². The highest BCUT2D eigenvalue weighted by Crippen LogP contribution is 2.24. The number of tetrazole rings is 1. The number of aromatic nitrogens is 5. The second-order valence-corrected chi connectivity index (χ2v) is 6.33. The van der Waals surface area contributed by atoms with Crippen molar-refractivity contribution in [3.63, 3.8) is 0 Å². The van der Waals surface area contributed by atoms with Gasteiger partial charge < -0.3 is 4.90 Å². The average Bonchev–Trinajstić information content (AvgIpc) is 2.96. The Kier molecular flexibility index (Phi) is 2.96. The maximum atomic E-state index is 4.34. The van der Waals surface area contributed by atoms with Crippen LogP contribution in [0, 0.1) is 0 Å². The summed E-state index contributed by atoms with van der Waals surface area (Å²) in [7, 11) is 1.99. The van der Waals surface area contributed by atoms with Crippen LogP contribution >= 0.6 is 27.3 Å². The molecule has 3 rings (SSSR count). The lowest BCUT2D eigenvalue weighted by Gasteiger charge is -2.16. The van der Waals surface area contributed by atoms with Gasteiger partial charge in [0, 0.05) is 11.9 Å². The number of hydrogen-bond acceptors (Lipinski definition) is 6. The molecule has 0 spiro atoms. The first-order valence-corrected chi connectivity index (χ1v) is 6.84. The van der Waals surface area contributed by atoms with Crippen molar-refractivity contribution in [2.45, 2.75) is 6.54 Å². The van der Waals surface area contributed by atoms with Crippen molar-refractivity contribution < 1.29 is 0 Å². The summed E-state index contributed by atoms with van der Waals surface area (Å²) in [6.45, 7) is 0.802. The molecule has 0 radical (unpaired) electrons. The highest BCUT2D eigenvalue weighted by Gasteiger charge is 2.07. The Morgan fingerprint density at radius 2 is 2.22 bits per heavy atom. The third kappa shape index (κ3) is 2.21. The molecule has 0 bridgehead atoms. The van der Waals surface area contributed by atoms with E-state index in [1.807, 2.05) is 25.2 Å². The van der Waals surface area contributed by atoms with Crippen LogP contribution in [0.1, 0.15) is 4.88 Å². The van der Waals surface area contributed by atoms with Crippen molar-refractivity contribution in [2.75, 3.05) is 11.9 Å². The summed E-state index contributed by atoms with van der Waals surface area (Å²) < 4.78 is 2.56. The van der Waals surface area contributed by atoms with Gasteiger partial charge in [0.05, 0.1) is 10.3 Å². The van der Waals surface area contributed by atoms with Gasteiger partial charge in [-0.3, -0.25) is 0 Å². The summed E-state index contributed by atoms with van der Waals surface area (Å²) in [4.78, 5) is 3.32. The van der Waals surface area contributed by atoms with E-state index in [-0.39, 0.29) is 0 Å². The molecule has 0 aromatic carbocycles. The molecule has 3 aromatic heterocycles. The van der Waals surface area contributed by atoms with Crippen LogP contribution in [0.5, 0.6) is 0 Å². The standard InChI is InChI=1S/C10H9BrN6S/c1-16(6-7-2-3-8(11)18-7)10-5-4-9-12-14-15-17(9)13-10/h2-5H,6H2,1H3. The fourth-order valence-electron chi connectivity index (χ4n) is 1.60. The average molecular weight is 325 g/mol. The van der Waals surface area contributed by atoms with Gasteiger partial charge in [-0.1, -0.05) is 0 Å². The van der Waals surface area contributed by atoms with Gasteiger partial charge in [-0.2, -0.15) is 0 Å². The van der Waals surface area contributed by atoms with Crippen molar-refractivity contribution in [3.8, 4) is 0 Å². The summed E-state index contributed by atoms with van der Waals surface area (Å²) in [6, 6.07) is 7.91. The van der Waals surface area contributed by atoms with Gasteiger partial charge in [0.2, 0.25) is 0 Å². The molecule has 3 aromatic rings. The molecule has 0 saturated heterocycles. The van der Waals surface area contributed by atoms with Gasteiger partial charge in [-0.15, -0.1) is 26.2 Å². The van der Waals surface area contributed by atoms with E-state index >= 15 is 0 Å². The quantitative estimate of drug-likeness (QED) is 0.737. The summed E-state index contributed by atoms with van der Waals surface area (Å²) >= 11 is 5.18. The fraction of sp³-hybridized carbons (Fsp3) is 0.200. The lowest BCUT2D eigenvalue weighted by Crippen LogP contribution is -2.18. The summed E-state index contributed by atoms with van der Waals surface area (Å²) in [5, 5.41) is 15.5. The Hall–Kier alpha value is -1.54. The highest BCUT2D eigenvalue weighted by atomic mass is 79.9. The molecule has 0 fully saturated rings. The Balaban J connectivity index is 1.84. The van der Waals surface area contributed by atoms with Crippen LogP contribution in [0.2, 0.25) is 0 Å². The van der Waals surface area contributed by atoms with E-state index < -0.39 is 0 Å². The SMILES string of the molecule is CN(Cc1ccc(Br)s1)c1ccc2nnnn2n1. The van der Waals surface area contributed by atoms with Crippen molar-refractivity contribution in [1.82, 2.24) is 25.3 Å². The first-order chi connectivity index (χ1) is 8.72. The van der Waals surface area contributed by atoms with Crippen LogP contribution in [0.3, 0.4) is 0 Å². The molecule has 0 aliphatic heterocycles. The lowest BCUT2D eigenvalue weighted by atomic mass is 10.4. The third-order valence-corrected chi connectivity index (χ3v) is 4.08. The van der Waals surface area contributed by atoms with Gasteiger partial charge >= 0.3 is 0 Å². The number of anilines is 1. The normalized spacial score (nSPS) is 11.0. The molecule has 0 saturated carbocycles. The fourth-order valence-corrected chi connectivity index (χ4v) is 3.13. The highest BCUT2D eigenvalue weighted by molar-refractivity contribution is 9.11. The predicted octanol–water partition coefficient (Wildman–Crippen LogP) is 1.98. The topological polar surface area (TPSA) is 59.2 Å². The van der Waals surface area contributed by atoms with Crippen LogP contribution in [0.25, 0.3) is 5.65 Å². The number of nitrogens with zero attached hydrogens (tertiary/aromatic N) is 6. The van der Waals surface area contributed by atoms with E-state index in [2.05, 4.69) is 47.5 Å². The number of rotatable bonds is 3. The summed E-state index contributed by atoms with van der Waals surface area (Å²) in [6.07, 6.45) is 0. The molecule has 6 nitrogen and oxygen atoms in total. The number of halogens is 1. The maximum Gasteiger partial charge on any atom is 0.200 e. The largest absolute Gasteiger partial charge is 0.353 e. The van der Waals surface area contributed by atoms with Crippen LogP contribution in [0.4, 0.5) is 5.82 Å². The second-order valence-electron chi connectivity index (χ2n) is 3.78. The Morgan fingerprint density at radius 3 is 3.00 bits per heavy atom. The molecule has 0 amide bonds. The van der Waals surface area contributed by atoms with E-state index in [1.165, 1.54) is 9.51 Å². The smallest absolute Gasteiger partial charge is 0.200 e. The van der Waals surface area contributed by atoms with Crippen molar-refractivity contribution >= 4 is 38.7 Å². The molecule has 0 N–H and O–H groups in total.